The zero-order valence-electron chi connectivity index (χ0n) is 11.8. The molecule has 1 saturated heterocycles. The van der Waals surface area contributed by atoms with Gasteiger partial charge in [0.05, 0.1) is 6.10 Å². The van der Waals surface area contributed by atoms with Crippen LogP contribution in [0.3, 0.4) is 0 Å². The fourth-order valence-corrected chi connectivity index (χ4v) is 2.01. The average molecular weight is 278 g/mol. The van der Waals surface area contributed by atoms with Crippen LogP contribution in [0, 0.1) is 13.8 Å². The van der Waals surface area contributed by atoms with E-state index >= 15 is 0 Å². The van der Waals surface area contributed by atoms with Crippen LogP contribution in [0.4, 0.5) is 0 Å². The lowest BCUT2D eigenvalue weighted by atomic mass is 10.2. The molecule has 2 rings (SSSR count). The summed E-state index contributed by atoms with van der Waals surface area (Å²) in [5.74, 6) is 0.255. The van der Waals surface area contributed by atoms with Crippen LogP contribution in [-0.2, 0) is 9.53 Å². The van der Waals surface area contributed by atoms with E-state index in [1.807, 2.05) is 6.92 Å². The van der Waals surface area contributed by atoms with Crippen molar-refractivity contribution in [2.75, 3.05) is 26.7 Å². The minimum absolute atomic E-state index is 0.0466. The summed E-state index contributed by atoms with van der Waals surface area (Å²) < 4.78 is 5.36. The third-order valence-corrected chi connectivity index (χ3v) is 3.03. The van der Waals surface area contributed by atoms with Gasteiger partial charge in [-0.1, -0.05) is 0 Å². The maximum absolute atomic E-state index is 12.0. The molecule has 2 amide bonds. The number of hydrogen-bond donors (Lipinski definition) is 1. The molecular weight excluding hydrogens is 260 g/mol. The highest BCUT2D eigenvalue weighted by molar-refractivity contribution is 5.92. The van der Waals surface area contributed by atoms with Gasteiger partial charge >= 0.3 is 0 Å². The van der Waals surface area contributed by atoms with E-state index in [1.165, 1.54) is 0 Å². The number of ether oxygens (including phenoxy) is 1. The molecule has 20 heavy (non-hydrogen) atoms. The van der Waals surface area contributed by atoms with Crippen LogP contribution in [0.1, 0.15) is 22.0 Å². The molecule has 0 aliphatic carbocycles. The highest BCUT2D eigenvalue weighted by Crippen LogP contribution is 2.04. The molecule has 1 fully saturated rings. The van der Waals surface area contributed by atoms with E-state index < -0.39 is 0 Å². The highest BCUT2D eigenvalue weighted by atomic mass is 16.5. The van der Waals surface area contributed by atoms with Gasteiger partial charge in [0.2, 0.25) is 5.91 Å². The van der Waals surface area contributed by atoms with E-state index in [4.69, 9.17) is 4.74 Å². The van der Waals surface area contributed by atoms with Crippen molar-refractivity contribution in [2.24, 2.45) is 0 Å². The van der Waals surface area contributed by atoms with E-state index in [-0.39, 0.29) is 24.5 Å². The Morgan fingerprint density at radius 3 is 2.90 bits per heavy atom. The lowest BCUT2D eigenvalue weighted by molar-refractivity contribution is -0.146. The van der Waals surface area contributed by atoms with Gasteiger partial charge in [0, 0.05) is 25.8 Å². The van der Waals surface area contributed by atoms with Gasteiger partial charge < -0.3 is 15.0 Å². The number of likely N-dealkylation sites (N-methyl/N-ethyl adjacent to an activating group) is 1. The number of hydrogen-bond acceptors (Lipinski definition) is 5. The van der Waals surface area contributed by atoms with Crippen LogP contribution < -0.4 is 5.32 Å². The summed E-state index contributed by atoms with van der Waals surface area (Å²) in [5, 5.41) is 2.77. The van der Waals surface area contributed by atoms with E-state index in [1.54, 1.807) is 24.9 Å². The van der Waals surface area contributed by atoms with Gasteiger partial charge in [-0.3, -0.25) is 9.59 Å². The van der Waals surface area contributed by atoms with Crippen LogP contribution in [0.5, 0.6) is 0 Å². The predicted molar refractivity (Wildman–Crippen MR) is 71.2 cm³/mol. The molecule has 0 saturated carbocycles. The van der Waals surface area contributed by atoms with Crippen molar-refractivity contribution < 1.29 is 14.3 Å². The zero-order chi connectivity index (χ0) is 14.7. The number of carbonyl (C=O) groups is 2. The minimum atomic E-state index is -0.262. The topological polar surface area (TPSA) is 84.4 Å². The van der Waals surface area contributed by atoms with Crippen LogP contribution in [0.2, 0.25) is 0 Å². The lowest BCUT2D eigenvalue weighted by Crippen LogP contribution is -2.48. The van der Waals surface area contributed by atoms with Gasteiger partial charge in [-0.2, -0.15) is 0 Å². The predicted octanol–water partition coefficient (Wildman–Crippen LogP) is -0.320. The number of rotatable bonds is 3. The second kappa shape index (κ2) is 5.96. The molecule has 0 radical (unpaired) electrons. The summed E-state index contributed by atoms with van der Waals surface area (Å²) in [5.41, 5.74) is 1.09. The molecule has 7 nitrogen and oxygen atoms in total. The Balaban J connectivity index is 1.90. The van der Waals surface area contributed by atoms with E-state index in [2.05, 4.69) is 15.3 Å². The van der Waals surface area contributed by atoms with Crippen molar-refractivity contribution in [3.05, 3.63) is 23.3 Å². The fourth-order valence-electron chi connectivity index (χ4n) is 2.01. The summed E-state index contributed by atoms with van der Waals surface area (Å²) in [6, 6.07) is 1.64. The fraction of sp³-hybridized carbons (Fsp3) is 0.538. The number of aryl methyl sites for hydroxylation is 2. The molecular formula is C13H18N4O3. The maximum Gasteiger partial charge on any atom is 0.270 e. The molecule has 108 valence electrons. The molecule has 1 aliphatic heterocycles. The Morgan fingerprint density at radius 1 is 1.50 bits per heavy atom. The van der Waals surface area contributed by atoms with Gasteiger partial charge in [-0.15, -0.1) is 0 Å². The van der Waals surface area contributed by atoms with Crippen molar-refractivity contribution in [2.45, 2.75) is 20.0 Å². The number of carbonyl (C=O) groups excluding carboxylic acids is 2. The first-order valence-electron chi connectivity index (χ1n) is 6.42. The lowest BCUT2D eigenvalue weighted by Gasteiger charge is -2.29. The molecule has 1 N–H and O–H groups in total. The standard InChI is InChI=1S/C13H18N4O3/c1-8-4-11(16-9(2)15-8)13(19)14-5-10-6-17(3)12(18)7-20-10/h4,10H,5-7H2,1-3H3,(H,14,19). The molecule has 1 aromatic rings. The zero-order valence-corrected chi connectivity index (χ0v) is 11.8. The first-order chi connectivity index (χ1) is 9.45. The Bertz CT molecular complexity index is 512. The third kappa shape index (κ3) is 3.51. The molecule has 0 spiro atoms. The molecule has 0 bridgehead atoms. The normalized spacial score (nSPS) is 19.1. The first-order valence-corrected chi connectivity index (χ1v) is 6.42. The maximum atomic E-state index is 12.0. The molecule has 7 heteroatoms. The van der Waals surface area contributed by atoms with Gasteiger partial charge in [-0.25, -0.2) is 9.97 Å². The smallest absolute Gasteiger partial charge is 0.270 e. The van der Waals surface area contributed by atoms with Crippen LogP contribution in [0.25, 0.3) is 0 Å². The Hall–Kier alpha value is -2.02. The molecule has 2 heterocycles. The molecule has 0 aromatic carbocycles. The quantitative estimate of drug-likeness (QED) is 0.819. The van der Waals surface area contributed by atoms with Gasteiger partial charge in [0.1, 0.15) is 18.1 Å². The van der Waals surface area contributed by atoms with E-state index in [9.17, 15) is 9.59 Å². The number of morpholine rings is 1. The van der Waals surface area contributed by atoms with Crippen molar-refractivity contribution in [1.29, 1.82) is 0 Å². The second-order valence-corrected chi connectivity index (χ2v) is 4.86. The molecule has 1 aromatic heterocycles. The van der Waals surface area contributed by atoms with Crippen molar-refractivity contribution >= 4 is 11.8 Å². The third-order valence-electron chi connectivity index (χ3n) is 3.03. The van der Waals surface area contributed by atoms with Gasteiger partial charge in [0.15, 0.2) is 0 Å². The van der Waals surface area contributed by atoms with Gasteiger partial charge in [-0.05, 0) is 19.9 Å². The van der Waals surface area contributed by atoms with Crippen molar-refractivity contribution in [3.8, 4) is 0 Å². The van der Waals surface area contributed by atoms with Crippen molar-refractivity contribution in [1.82, 2.24) is 20.2 Å². The van der Waals surface area contributed by atoms with E-state index in [0.717, 1.165) is 5.69 Å². The number of amides is 2. The molecule has 1 unspecified atom stereocenters. The first kappa shape index (κ1) is 14.4. The SMILES string of the molecule is Cc1cc(C(=O)NCC2CN(C)C(=O)CO2)nc(C)n1. The van der Waals surface area contributed by atoms with Crippen LogP contribution in [0.15, 0.2) is 6.07 Å². The summed E-state index contributed by atoms with van der Waals surface area (Å²) in [7, 11) is 1.72. The number of nitrogens with zero attached hydrogens (tertiary/aromatic N) is 3. The Kier molecular flexibility index (Phi) is 4.29. The molecule has 1 aliphatic rings. The summed E-state index contributed by atoms with van der Waals surface area (Å²) in [4.78, 5) is 33.1. The van der Waals surface area contributed by atoms with Gasteiger partial charge in [0.25, 0.3) is 5.91 Å². The molecule has 1 atom stereocenters. The number of nitrogens with one attached hydrogen (secondary N) is 1. The Labute approximate surface area is 117 Å². The summed E-state index contributed by atoms with van der Waals surface area (Å²) in [6.07, 6.45) is -0.189. The Morgan fingerprint density at radius 2 is 2.25 bits per heavy atom. The second-order valence-electron chi connectivity index (χ2n) is 4.86. The summed E-state index contributed by atoms with van der Waals surface area (Å²) >= 11 is 0. The largest absolute Gasteiger partial charge is 0.365 e. The monoisotopic (exact) mass is 278 g/mol. The van der Waals surface area contributed by atoms with Crippen molar-refractivity contribution in [3.63, 3.8) is 0 Å². The highest BCUT2D eigenvalue weighted by Gasteiger charge is 2.24. The van der Waals surface area contributed by atoms with Crippen LogP contribution in [-0.4, -0.2) is 59.5 Å². The van der Waals surface area contributed by atoms with Crippen LogP contribution >= 0.6 is 0 Å². The minimum Gasteiger partial charge on any atom is -0.365 e. The average Bonchev–Trinajstić information content (AvgIpc) is 2.38. The number of aromatic nitrogens is 2. The van der Waals surface area contributed by atoms with E-state index in [0.29, 0.717) is 24.6 Å². The summed E-state index contributed by atoms with van der Waals surface area (Å²) in [6.45, 7) is 4.44.